The average molecular weight is 395 g/mol. The summed E-state index contributed by atoms with van der Waals surface area (Å²) in [5.74, 6) is 0.370. The maximum Gasteiger partial charge on any atom is 0.243 e. The van der Waals surface area contributed by atoms with Crippen LogP contribution in [0.1, 0.15) is 22.5 Å². The van der Waals surface area contributed by atoms with Crippen LogP contribution in [0, 0.1) is 19.7 Å². The van der Waals surface area contributed by atoms with Crippen LogP contribution in [0.4, 0.5) is 21.6 Å². The van der Waals surface area contributed by atoms with Crippen LogP contribution in [0.5, 0.6) is 0 Å². The highest BCUT2D eigenvalue weighted by Crippen LogP contribution is 2.32. The minimum absolute atomic E-state index is 0.0401. The predicted octanol–water partition coefficient (Wildman–Crippen LogP) is 2.48. The third-order valence-electron chi connectivity index (χ3n) is 4.82. The summed E-state index contributed by atoms with van der Waals surface area (Å²) >= 11 is 0. The number of nitrogens with zero attached hydrogens (tertiary/aromatic N) is 5. The lowest BCUT2D eigenvalue weighted by atomic mass is 10.2. The van der Waals surface area contributed by atoms with Crippen molar-refractivity contribution in [2.24, 2.45) is 0 Å². The number of aromatic nitrogens is 4. The van der Waals surface area contributed by atoms with E-state index < -0.39 is 0 Å². The van der Waals surface area contributed by atoms with E-state index in [4.69, 9.17) is 0 Å². The fraction of sp³-hybridized carbons (Fsp3) is 0.300. The second kappa shape index (κ2) is 7.50. The predicted molar refractivity (Wildman–Crippen MR) is 108 cm³/mol. The van der Waals surface area contributed by atoms with E-state index in [1.54, 1.807) is 24.0 Å². The molecule has 0 bridgehead atoms. The quantitative estimate of drug-likeness (QED) is 0.690. The second-order valence-corrected chi connectivity index (χ2v) is 7.20. The first-order valence-corrected chi connectivity index (χ1v) is 9.28. The minimum atomic E-state index is -0.313. The molecule has 3 aromatic rings. The number of halogens is 1. The third-order valence-corrected chi connectivity index (χ3v) is 4.82. The number of pyridine rings is 2. The molecule has 0 radical (unpaired) electrons. The van der Waals surface area contributed by atoms with Gasteiger partial charge in [0, 0.05) is 37.6 Å². The highest BCUT2D eigenvalue weighted by molar-refractivity contribution is 6.02. The molecule has 3 aromatic heterocycles. The smallest absolute Gasteiger partial charge is 0.243 e. The summed E-state index contributed by atoms with van der Waals surface area (Å²) in [5.41, 5.74) is 4.56. The molecule has 4 heterocycles. The van der Waals surface area contributed by atoms with Crippen LogP contribution >= 0.6 is 0 Å². The molecule has 8 nitrogen and oxygen atoms in total. The highest BCUT2D eigenvalue weighted by atomic mass is 19.1. The van der Waals surface area contributed by atoms with E-state index in [-0.39, 0.29) is 11.7 Å². The molecule has 0 atom stereocenters. The summed E-state index contributed by atoms with van der Waals surface area (Å²) in [6, 6.07) is 3.41. The van der Waals surface area contributed by atoms with Gasteiger partial charge in [-0.05, 0) is 25.5 Å². The summed E-state index contributed by atoms with van der Waals surface area (Å²) in [6.07, 6.45) is 5.33. The summed E-state index contributed by atoms with van der Waals surface area (Å²) in [6.45, 7) is 4.82. The SMILES string of the molecule is Cc1ncc(Cn2cc(CNc3cc4c(c(C)n3)NC(=O)CN4C)cn2)cc1F. The summed E-state index contributed by atoms with van der Waals surface area (Å²) < 4.78 is 15.4. The van der Waals surface area contributed by atoms with E-state index in [0.29, 0.717) is 25.3 Å². The maximum absolute atomic E-state index is 13.7. The van der Waals surface area contributed by atoms with Crippen LogP contribution in [0.3, 0.4) is 0 Å². The van der Waals surface area contributed by atoms with Crippen molar-refractivity contribution < 1.29 is 9.18 Å². The lowest BCUT2D eigenvalue weighted by Gasteiger charge is -2.28. The Kier molecular flexibility index (Phi) is 4.87. The summed E-state index contributed by atoms with van der Waals surface area (Å²) in [5, 5.41) is 10.5. The number of hydrogen-bond acceptors (Lipinski definition) is 6. The number of carbonyl (C=O) groups is 1. The van der Waals surface area contributed by atoms with E-state index in [1.165, 1.54) is 6.07 Å². The first-order valence-electron chi connectivity index (χ1n) is 9.28. The Morgan fingerprint density at radius 1 is 1.21 bits per heavy atom. The first kappa shape index (κ1) is 18.9. The Balaban J connectivity index is 1.43. The molecule has 29 heavy (non-hydrogen) atoms. The molecule has 4 rings (SSSR count). The van der Waals surface area contributed by atoms with Crippen LogP contribution in [-0.2, 0) is 17.9 Å². The van der Waals surface area contributed by atoms with Gasteiger partial charge in [-0.3, -0.25) is 14.5 Å². The van der Waals surface area contributed by atoms with Crippen LogP contribution < -0.4 is 15.5 Å². The third kappa shape index (κ3) is 4.03. The van der Waals surface area contributed by atoms with Gasteiger partial charge in [-0.15, -0.1) is 0 Å². The Labute approximate surface area is 167 Å². The number of carbonyl (C=O) groups excluding carboxylic acids is 1. The molecular formula is C20H22FN7O. The van der Waals surface area contributed by atoms with Gasteiger partial charge in [0.05, 0.1) is 42.0 Å². The molecule has 9 heteroatoms. The number of likely N-dealkylation sites (N-methyl/N-ethyl adjacent to an activating group) is 1. The Hall–Kier alpha value is -3.49. The zero-order valence-electron chi connectivity index (χ0n) is 16.5. The van der Waals surface area contributed by atoms with Gasteiger partial charge >= 0.3 is 0 Å². The molecule has 150 valence electrons. The Morgan fingerprint density at radius 2 is 2.03 bits per heavy atom. The van der Waals surface area contributed by atoms with E-state index in [9.17, 15) is 9.18 Å². The van der Waals surface area contributed by atoms with Gasteiger partial charge in [0.2, 0.25) is 5.91 Å². The zero-order chi connectivity index (χ0) is 20.5. The molecule has 0 spiro atoms. The van der Waals surface area contributed by atoms with Gasteiger partial charge < -0.3 is 15.5 Å². The van der Waals surface area contributed by atoms with Crippen molar-refractivity contribution in [1.29, 1.82) is 0 Å². The fourth-order valence-corrected chi connectivity index (χ4v) is 3.28. The molecular weight excluding hydrogens is 373 g/mol. The number of rotatable bonds is 5. The maximum atomic E-state index is 13.7. The number of anilines is 3. The van der Waals surface area contributed by atoms with E-state index >= 15 is 0 Å². The molecule has 0 saturated carbocycles. The molecule has 0 aliphatic carbocycles. The average Bonchev–Trinajstić information content (AvgIpc) is 3.11. The number of fused-ring (bicyclic) bond motifs is 1. The number of amides is 1. The molecule has 0 aromatic carbocycles. The number of hydrogen-bond donors (Lipinski definition) is 2. The lowest BCUT2D eigenvalue weighted by Crippen LogP contribution is -2.36. The first-order chi connectivity index (χ1) is 13.9. The molecule has 1 aliphatic heterocycles. The molecule has 0 saturated heterocycles. The van der Waals surface area contributed by atoms with Gasteiger partial charge in [-0.25, -0.2) is 9.37 Å². The van der Waals surface area contributed by atoms with Crippen molar-refractivity contribution in [1.82, 2.24) is 19.7 Å². The van der Waals surface area contributed by atoms with Crippen molar-refractivity contribution in [2.45, 2.75) is 26.9 Å². The number of nitrogens with one attached hydrogen (secondary N) is 2. The van der Waals surface area contributed by atoms with Gasteiger partial charge in [-0.2, -0.15) is 5.10 Å². The van der Waals surface area contributed by atoms with Gasteiger partial charge in [-0.1, -0.05) is 0 Å². The molecule has 0 fully saturated rings. The molecule has 1 aliphatic rings. The minimum Gasteiger partial charge on any atom is -0.366 e. The topological polar surface area (TPSA) is 88.0 Å². The largest absolute Gasteiger partial charge is 0.366 e. The van der Waals surface area contributed by atoms with Crippen molar-refractivity contribution in [3.05, 3.63) is 59.1 Å². The fourth-order valence-electron chi connectivity index (χ4n) is 3.28. The monoisotopic (exact) mass is 395 g/mol. The van der Waals surface area contributed by atoms with E-state index in [0.717, 1.165) is 34.0 Å². The van der Waals surface area contributed by atoms with Crippen LogP contribution in [-0.4, -0.2) is 39.2 Å². The van der Waals surface area contributed by atoms with Gasteiger partial charge in [0.25, 0.3) is 0 Å². The lowest BCUT2D eigenvalue weighted by molar-refractivity contribution is -0.115. The molecule has 2 N–H and O–H groups in total. The van der Waals surface area contributed by atoms with Crippen LogP contribution in [0.2, 0.25) is 0 Å². The van der Waals surface area contributed by atoms with Crippen molar-refractivity contribution in [3.8, 4) is 0 Å². The molecule has 0 unspecified atom stereocenters. The zero-order valence-corrected chi connectivity index (χ0v) is 16.5. The second-order valence-electron chi connectivity index (χ2n) is 7.20. The Bertz CT molecular complexity index is 1080. The van der Waals surface area contributed by atoms with E-state index in [2.05, 4.69) is 25.7 Å². The number of aryl methyl sites for hydroxylation is 2. The van der Waals surface area contributed by atoms with Crippen molar-refractivity contribution in [3.63, 3.8) is 0 Å². The van der Waals surface area contributed by atoms with Crippen LogP contribution in [0.15, 0.2) is 30.7 Å². The van der Waals surface area contributed by atoms with Gasteiger partial charge in [0.15, 0.2) is 0 Å². The van der Waals surface area contributed by atoms with Crippen molar-refractivity contribution in [2.75, 3.05) is 29.1 Å². The summed E-state index contributed by atoms with van der Waals surface area (Å²) in [7, 11) is 1.88. The standard InChI is InChI=1S/C20H22FN7O/c1-12-16(21)4-14(6-22-12)9-28-10-15(8-24-28)7-23-18-5-17-20(13(2)25-18)26-19(29)11-27(17)3/h4-6,8,10H,7,9,11H2,1-3H3,(H,23,25)(H,26,29). The summed E-state index contributed by atoms with van der Waals surface area (Å²) in [4.78, 5) is 22.2. The molecule has 1 amide bonds. The highest BCUT2D eigenvalue weighted by Gasteiger charge is 2.22. The Morgan fingerprint density at radius 3 is 2.83 bits per heavy atom. The van der Waals surface area contributed by atoms with E-state index in [1.807, 2.05) is 31.1 Å². The van der Waals surface area contributed by atoms with Crippen LogP contribution in [0.25, 0.3) is 0 Å². The van der Waals surface area contributed by atoms with Gasteiger partial charge in [0.1, 0.15) is 11.6 Å². The van der Waals surface area contributed by atoms with Crippen molar-refractivity contribution >= 4 is 23.1 Å². The normalized spacial score (nSPS) is 13.2.